The molecule has 0 saturated carbocycles. The predicted molar refractivity (Wildman–Crippen MR) is 111 cm³/mol. The number of anilines is 3. The van der Waals surface area contributed by atoms with Crippen LogP contribution in [0.4, 0.5) is 16.5 Å². The molecule has 2 aromatic rings. The van der Waals surface area contributed by atoms with Gasteiger partial charge in [-0.15, -0.1) is 11.3 Å². The van der Waals surface area contributed by atoms with Crippen molar-refractivity contribution >= 4 is 51.3 Å². The highest BCUT2D eigenvalue weighted by Crippen LogP contribution is 2.34. The van der Waals surface area contributed by atoms with E-state index in [0.29, 0.717) is 47.7 Å². The maximum absolute atomic E-state index is 12.6. The number of nitrogens with zero attached hydrogens (tertiary/aromatic N) is 3. The number of para-hydroxylation sites is 1. The molecule has 1 aromatic carbocycles. The number of amides is 2. The van der Waals surface area contributed by atoms with Crippen LogP contribution in [-0.4, -0.2) is 49.6 Å². The molecule has 2 saturated heterocycles. The number of thiazole rings is 1. The molecule has 3 heterocycles. The molecule has 4 rings (SSSR count). The van der Waals surface area contributed by atoms with Crippen molar-refractivity contribution < 1.29 is 14.3 Å². The van der Waals surface area contributed by atoms with Crippen molar-refractivity contribution in [1.82, 2.24) is 4.98 Å². The van der Waals surface area contributed by atoms with E-state index in [1.807, 2.05) is 23.6 Å². The Morgan fingerprint density at radius 2 is 2.11 bits per heavy atom. The molecule has 7 nitrogen and oxygen atoms in total. The Hall–Kier alpha value is -2.16. The average molecular weight is 421 g/mol. The molecule has 0 radical (unpaired) electrons. The van der Waals surface area contributed by atoms with E-state index in [4.69, 9.17) is 16.3 Å². The largest absolute Gasteiger partial charge is 0.378 e. The quantitative estimate of drug-likeness (QED) is 0.804. The molecule has 0 spiro atoms. The second-order valence-electron chi connectivity index (χ2n) is 6.73. The third-order valence-corrected chi connectivity index (χ3v) is 5.99. The molecular formula is C19H21ClN4O3S. The van der Waals surface area contributed by atoms with Crippen molar-refractivity contribution in [2.24, 2.45) is 0 Å². The van der Waals surface area contributed by atoms with Crippen LogP contribution in [0.3, 0.4) is 0 Å². The van der Waals surface area contributed by atoms with E-state index >= 15 is 0 Å². The first kappa shape index (κ1) is 19.2. The number of aromatic nitrogens is 1. The zero-order chi connectivity index (χ0) is 19.5. The second kappa shape index (κ2) is 8.46. The minimum atomic E-state index is -0.165. The number of hydrogen-bond donors (Lipinski definition) is 1. The molecule has 0 aliphatic carbocycles. The van der Waals surface area contributed by atoms with E-state index < -0.39 is 0 Å². The van der Waals surface area contributed by atoms with Crippen molar-refractivity contribution in [3.05, 3.63) is 34.3 Å². The summed E-state index contributed by atoms with van der Waals surface area (Å²) in [5.41, 5.74) is 2.17. The van der Waals surface area contributed by atoms with E-state index in [2.05, 4.69) is 15.2 Å². The Morgan fingerprint density at radius 3 is 2.86 bits per heavy atom. The Labute approximate surface area is 172 Å². The number of hydrogen-bond acceptors (Lipinski definition) is 6. The zero-order valence-electron chi connectivity index (χ0n) is 15.3. The summed E-state index contributed by atoms with van der Waals surface area (Å²) in [6.45, 7) is 3.42. The van der Waals surface area contributed by atoms with Crippen LogP contribution < -0.4 is 15.1 Å². The summed E-state index contributed by atoms with van der Waals surface area (Å²) < 4.78 is 5.41. The molecule has 1 N–H and O–H groups in total. The van der Waals surface area contributed by atoms with Gasteiger partial charge in [-0.3, -0.25) is 14.5 Å². The maximum atomic E-state index is 12.6. The van der Waals surface area contributed by atoms with E-state index in [1.165, 1.54) is 11.3 Å². The molecule has 0 atom stereocenters. The Kier molecular flexibility index (Phi) is 5.79. The fourth-order valence-corrected chi connectivity index (χ4v) is 4.60. The lowest BCUT2D eigenvalue weighted by Crippen LogP contribution is -2.37. The smallest absolute Gasteiger partial charge is 0.230 e. The van der Waals surface area contributed by atoms with E-state index in [1.54, 1.807) is 4.90 Å². The monoisotopic (exact) mass is 420 g/mol. The number of carbonyl (C=O) groups is 2. The first-order valence-corrected chi connectivity index (χ1v) is 10.5. The number of nitrogens with one attached hydrogen (secondary N) is 1. The van der Waals surface area contributed by atoms with Gasteiger partial charge in [0.25, 0.3) is 0 Å². The Balaban J connectivity index is 1.45. The molecule has 9 heteroatoms. The van der Waals surface area contributed by atoms with Crippen LogP contribution in [0.5, 0.6) is 0 Å². The lowest BCUT2D eigenvalue weighted by Gasteiger charge is -2.31. The van der Waals surface area contributed by atoms with Gasteiger partial charge in [-0.1, -0.05) is 17.7 Å². The summed E-state index contributed by atoms with van der Waals surface area (Å²) in [7, 11) is 0. The molecule has 148 valence electrons. The van der Waals surface area contributed by atoms with Crippen molar-refractivity contribution in [3.8, 4) is 0 Å². The van der Waals surface area contributed by atoms with Crippen molar-refractivity contribution in [2.75, 3.05) is 48.0 Å². The van der Waals surface area contributed by atoms with E-state index in [-0.39, 0.29) is 18.2 Å². The van der Waals surface area contributed by atoms with E-state index in [0.717, 1.165) is 25.2 Å². The third kappa shape index (κ3) is 4.14. The lowest BCUT2D eigenvalue weighted by atomic mass is 10.2. The summed E-state index contributed by atoms with van der Waals surface area (Å²) in [4.78, 5) is 32.7. The van der Waals surface area contributed by atoms with Gasteiger partial charge < -0.3 is 15.0 Å². The number of benzene rings is 1. The molecule has 2 aliphatic heterocycles. The summed E-state index contributed by atoms with van der Waals surface area (Å²) in [6.07, 6.45) is 1.56. The van der Waals surface area contributed by atoms with Gasteiger partial charge in [0.15, 0.2) is 5.13 Å². The highest BCUT2D eigenvalue weighted by molar-refractivity contribution is 7.14. The van der Waals surface area contributed by atoms with Crippen LogP contribution in [0.1, 0.15) is 18.5 Å². The van der Waals surface area contributed by atoms with Gasteiger partial charge in [-0.05, 0) is 18.6 Å². The van der Waals surface area contributed by atoms with Gasteiger partial charge in [0, 0.05) is 31.4 Å². The van der Waals surface area contributed by atoms with Crippen LogP contribution >= 0.6 is 22.9 Å². The van der Waals surface area contributed by atoms with Crippen LogP contribution in [-0.2, 0) is 20.7 Å². The normalized spacial score (nSPS) is 17.2. The molecule has 0 bridgehead atoms. The molecule has 28 heavy (non-hydrogen) atoms. The summed E-state index contributed by atoms with van der Waals surface area (Å²) >= 11 is 7.81. The SMILES string of the molecule is O=C(Cc1csc(N2CCCC2=O)n1)Nc1cccc(Cl)c1N1CCOCC1. The van der Waals surface area contributed by atoms with Gasteiger partial charge >= 0.3 is 0 Å². The summed E-state index contributed by atoms with van der Waals surface area (Å²) in [5.74, 6) is -0.0687. The van der Waals surface area contributed by atoms with Gasteiger partial charge in [0.2, 0.25) is 11.8 Å². The molecule has 1 aromatic heterocycles. The fraction of sp³-hybridized carbons (Fsp3) is 0.421. The molecule has 2 amide bonds. The van der Waals surface area contributed by atoms with Gasteiger partial charge in [0.1, 0.15) is 0 Å². The predicted octanol–water partition coefficient (Wildman–Crippen LogP) is 2.94. The third-order valence-electron chi connectivity index (χ3n) is 4.77. The van der Waals surface area contributed by atoms with Crippen molar-refractivity contribution in [2.45, 2.75) is 19.3 Å². The topological polar surface area (TPSA) is 74.8 Å². The zero-order valence-corrected chi connectivity index (χ0v) is 16.9. The molecule has 2 aliphatic rings. The number of morpholine rings is 1. The van der Waals surface area contributed by atoms with Crippen molar-refractivity contribution in [3.63, 3.8) is 0 Å². The van der Waals surface area contributed by atoms with Crippen molar-refractivity contribution in [1.29, 1.82) is 0 Å². The minimum Gasteiger partial charge on any atom is -0.378 e. The highest BCUT2D eigenvalue weighted by Gasteiger charge is 2.25. The van der Waals surface area contributed by atoms with Crippen LogP contribution in [0.2, 0.25) is 5.02 Å². The van der Waals surface area contributed by atoms with Gasteiger partial charge in [0.05, 0.1) is 41.7 Å². The number of ether oxygens (including phenoxy) is 1. The molecule has 0 unspecified atom stereocenters. The van der Waals surface area contributed by atoms with E-state index in [9.17, 15) is 9.59 Å². The second-order valence-corrected chi connectivity index (χ2v) is 7.97. The number of rotatable bonds is 5. The summed E-state index contributed by atoms with van der Waals surface area (Å²) in [5, 5.41) is 6.07. The number of carbonyl (C=O) groups excluding carboxylic acids is 2. The lowest BCUT2D eigenvalue weighted by molar-refractivity contribution is -0.117. The van der Waals surface area contributed by atoms with Gasteiger partial charge in [-0.2, -0.15) is 0 Å². The Bertz CT molecular complexity index is 882. The fourth-order valence-electron chi connectivity index (χ4n) is 3.44. The molecule has 2 fully saturated rings. The van der Waals surface area contributed by atoms with Gasteiger partial charge in [-0.25, -0.2) is 4.98 Å². The first-order chi connectivity index (χ1) is 13.6. The Morgan fingerprint density at radius 1 is 1.29 bits per heavy atom. The maximum Gasteiger partial charge on any atom is 0.230 e. The van der Waals surface area contributed by atoms with Crippen LogP contribution in [0.25, 0.3) is 0 Å². The number of halogens is 1. The first-order valence-electron chi connectivity index (χ1n) is 9.27. The average Bonchev–Trinajstić information content (AvgIpc) is 3.31. The molecular weight excluding hydrogens is 400 g/mol. The van der Waals surface area contributed by atoms with Crippen LogP contribution in [0, 0.1) is 0 Å². The van der Waals surface area contributed by atoms with Crippen LogP contribution in [0.15, 0.2) is 23.6 Å². The standard InChI is InChI=1S/C19H21ClN4O3S/c20-14-3-1-4-15(18(14)23-7-9-27-10-8-23)22-16(25)11-13-12-28-19(21-13)24-6-2-5-17(24)26/h1,3-4,12H,2,5-11H2,(H,22,25). The highest BCUT2D eigenvalue weighted by atomic mass is 35.5. The minimum absolute atomic E-state index is 0.0967. The summed E-state index contributed by atoms with van der Waals surface area (Å²) in [6, 6.07) is 5.49.